The summed E-state index contributed by atoms with van der Waals surface area (Å²) >= 11 is 0. The third-order valence-corrected chi connectivity index (χ3v) is 5.71. The molecule has 34 heavy (non-hydrogen) atoms. The van der Waals surface area contributed by atoms with Crippen LogP contribution in [0, 0.1) is 6.92 Å². The molecule has 4 aromatic rings. The Morgan fingerprint density at radius 2 is 2.03 bits per heavy atom. The van der Waals surface area contributed by atoms with E-state index in [9.17, 15) is 9.90 Å². The average Bonchev–Trinajstić information content (AvgIpc) is 3.57. The van der Waals surface area contributed by atoms with Gasteiger partial charge in [0, 0.05) is 18.4 Å². The summed E-state index contributed by atoms with van der Waals surface area (Å²) in [5.41, 5.74) is 5.59. The van der Waals surface area contributed by atoms with Gasteiger partial charge in [0.1, 0.15) is 0 Å². The predicted octanol–water partition coefficient (Wildman–Crippen LogP) is 3.81. The monoisotopic (exact) mass is 459 g/mol. The van der Waals surface area contributed by atoms with Gasteiger partial charge in [-0.2, -0.15) is 0 Å². The molecule has 1 aliphatic heterocycles. The molecule has 3 heterocycles. The minimum atomic E-state index is -0.965. The summed E-state index contributed by atoms with van der Waals surface area (Å²) in [6, 6.07) is 15.4. The first-order valence-corrected chi connectivity index (χ1v) is 11.1. The van der Waals surface area contributed by atoms with Crippen molar-refractivity contribution in [2.75, 3.05) is 16.8 Å². The standard InChI is InChI=1S/C24H25N7O3/c1-3-11-34-24-25-19-6-4-5-18(23(32)33)21(19)31(24)14-16-7-9-17(10-8-16)30-13-15(2)12-20(30)22-26-28-29-27-22/h4-10,12-13,24-25H,3,11,14H2,1-2H3,(H,32,33)(H,26,27,28,29). The van der Waals surface area contributed by atoms with Gasteiger partial charge in [0.05, 0.1) is 29.2 Å². The van der Waals surface area contributed by atoms with Crippen LogP contribution in [0.4, 0.5) is 11.4 Å². The Balaban J connectivity index is 1.44. The van der Waals surface area contributed by atoms with Crippen molar-refractivity contribution in [2.24, 2.45) is 0 Å². The number of hydrogen-bond acceptors (Lipinski definition) is 7. The fourth-order valence-electron chi connectivity index (χ4n) is 4.21. The summed E-state index contributed by atoms with van der Waals surface area (Å²) < 4.78 is 8.03. The number of ether oxygens (including phenoxy) is 1. The van der Waals surface area contributed by atoms with Crippen LogP contribution in [-0.2, 0) is 11.3 Å². The van der Waals surface area contributed by atoms with E-state index in [1.165, 1.54) is 0 Å². The van der Waals surface area contributed by atoms with Crippen molar-refractivity contribution in [2.45, 2.75) is 33.2 Å². The third kappa shape index (κ3) is 3.99. The molecule has 0 spiro atoms. The molecule has 3 N–H and O–H groups in total. The molecule has 10 nitrogen and oxygen atoms in total. The fraction of sp³-hybridized carbons (Fsp3) is 0.250. The van der Waals surface area contributed by atoms with E-state index in [-0.39, 0.29) is 5.56 Å². The number of aromatic carboxylic acids is 1. The quantitative estimate of drug-likeness (QED) is 0.364. The number of carboxylic acid groups (broad SMARTS) is 1. The van der Waals surface area contributed by atoms with Gasteiger partial charge in [0.2, 0.25) is 6.35 Å². The number of aromatic nitrogens is 5. The first kappa shape index (κ1) is 21.7. The molecule has 1 aliphatic rings. The van der Waals surface area contributed by atoms with Crippen molar-refractivity contribution in [1.82, 2.24) is 25.2 Å². The molecule has 0 radical (unpaired) electrons. The van der Waals surface area contributed by atoms with Crippen LogP contribution in [0.3, 0.4) is 0 Å². The lowest BCUT2D eigenvalue weighted by molar-refractivity contribution is 0.0687. The topological polar surface area (TPSA) is 121 Å². The molecule has 0 aliphatic carbocycles. The lowest BCUT2D eigenvalue weighted by Gasteiger charge is -2.27. The lowest BCUT2D eigenvalue weighted by Crippen LogP contribution is -2.38. The van der Waals surface area contributed by atoms with Gasteiger partial charge in [-0.05, 0) is 65.2 Å². The number of aryl methyl sites for hydroxylation is 1. The number of carbonyl (C=O) groups is 1. The van der Waals surface area contributed by atoms with E-state index in [1.807, 2.05) is 65.9 Å². The Hall–Kier alpha value is -4.18. The van der Waals surface area contributed by atoms with Crippen molar-refractivity contribution in [3.8, 4) is 17.2 Å². The minimum absolute atomic E-state index is 0.248. The van der Waals surface area contributed by atoms with E-state index in [1.54, 1.807) is 12.1 Å². The zero-order valence-electron chi connectivity index (χ0n) is 18.9. The summed E-state index contributed by atoms with van der Waals surface area (Å²) in [5.74, 6) is -0.374. The van der Waals surface area contributed by atoms with Crippen LogP contribution in [0.15, 0.2) is 54.7 Å². The Morgan fingerprint density at radius 1 is 1.21 bits per heavy atom. The Labute approximate surface area is 196 Å². The van der Waals surface area contributed by atoms with Crippen molar-refractivity contribution in [3.05, 3.63) is 71.4 Å². The number of hydrogen-bond donors (Lipinski definition) is 3. The molecular weight excluding hydrogens is 434 g/mol. The second kappa shape index (κ2) is 8.99. The smallest absolute Gasteiger partial charge is 0.337 e. The van der Waals surface area contributed by atoms with Crippen molar-refractivity contribution in [1.29, 1.82) is 0 Å². The van der Waals surface area contributed by atoms with Crippen LogP contribution in [0.25, 0.3) is 17.2 Å². The number of fused-ring (bicyclic) bond motifs is 1. The van der Waals surface area contributed by atoms with Crippen LogP contribution < -0.4 is 10.2 Å². The average molecular weight is 460 g/mol. The summed E-state index contributed by atoms with van der Waals surface area (Å²) in [6.45, 7) is 5.12. The molecule has 0 saturated carbocycles. The fourth-order valence-corrected chi connectivity index (χ4v) is 4.21. The number of nitrogens with zero attached hydrogens (tertiary/aromatic N) is 5. The number of tetrazole rings is 1. The molecule has 0 amide bonds. The number of H-pyrrole nitrogens is 1. The minimum Gasteiger partial charge on any atom is -0.478 e. The zero-order chi connectivity index (χ0) is 23.7. The highest BCUT2D eigenvalue weighted by Crippen LogP contribution is 2.39. The van der Waals surface area contributed by atoms with Gasteiger partial charge in [-0.25, -0.2) is 9.89 Å². The van der Waals surface area contributed by atoms with Gasteiger partial charge >= 0.3 is 5.97 Å². The molecule has 0 fully saturated rings. The maximum absolute atomic E-state index is 11.9. The largest absolute Gasteiger partial charge is 0.478 e. The van der Waals surface area contributed by atoms with Crippen molar-refractivity contribution < 1.29 is 14.6 Å². The van der Waals surface area contributed by atoms with E-state index in [4.69, 9.17) is 4.74 Å². The Morgan fingerprint density at radius 3 is 2.74 bits per heavy atom. The van der Waals surface area contributed by atoms with Crippen LogP contribution in [0.1, 0.15) is 34.8 Å². The van der Waals surface area contributed by atoms with Gasteiger partial charge in [-0.15, -0.1) is 5.10 Å². The van der Waals surface area contributed by atoms with E-state index in [0.29, 0.717) is 24.7 Å². The summed E-state index contributed by atoms with van der Waals surface area (Å²) in [5, 5.41) is 27.3. The molecule has 1 unspecified atom stereocenters. The maximum Gasteiger partial charge on any atom is 0.337 e. The van der Waals surface area contributed by atoms with E-state index < -0.39 is 12.3 Å². The molecule has 2 aromatic heterocycles. The van der Waals surface area contributed by atoms with Gasteiger partial charge < -0.3 is 24.6 Å². The number of carboxylic acids is 1. The van der Waals surface area contributed by atoms with Crippen molar-refractivity contribution >= 4 is 17.3 Å². The number of rotatable bonds is 8. The molecule has 2 aromatic carbocycles. The van der Waals surface area contributed by atoms with E-state index >= 15 is 0 Å². The molecule has 0 bridgehead atoms. The molecule has 0 saturated heterocycles. The van der Waals surface area contributed by atoms with E-state index in [2.05, 4.69) is 25.9 Å². The van der Waals surface area contributed by atoms with Gasteiger partial charge in [0.25, 0.3) is 0 Å². The highest BCUT2D eigenvalue weighted by molar-refractivity contribution is 5.99. The number of anilines is 2. The first-order valence-electron chi connectivity index (χ1n) is 11.1. The SMILES string of the molecule is CCCOC1Nc2cccc(C(=O)O)c2N1Cc1ccc(-n2cc(C)cc2-c2nnn[nH]2)cc1. The maximum atomic E-state index is 11.9. The molecule has 1 atom stereocenters. The van der Waals surface area contributed by atoms with Crippen LogP contribution >= 0.6 is 0 Å². The Bertz CT molecular complexity index is 1300. The number of aromatic amines is 1. The van der Waals surface area contributed by atoms with Gasteiger partial charge in [-0.3, -0.25) is 0 Å². The summed E-state index contributed by atoms with van der Waals surface area (Å²) in [7, 11) is 0. The van der Waals surface area contributed by atoms with E-state index in [0.717, 1.165) is 34.6 Å². The van der Waals surface area contributed by atoms with Crippen LogP contribution in [0.5, 0.6) is 0 Å². The highest BCUT2D eigenvalue weighted by atomic mass is 16.5. The van der Waals surface area contributed by atoms with Crippen LogP contribution in [-0.4, -0.2) is 49.2 Å². The summed E-state index contributed by atoms with van der Waals surface area (Å²) in [4.78, 5) is 13.9. The third-order valence-electron chi connectivity index (χ3n) is 5.71. The van der Waals surface area contributed by atoms with Gasteiger partial charge in [-0.1, -0.05) is 25.1 Å². The van der Waals surface area contributed by atoms with Crippen LogP contribution in [0.2, 0.25) is 0 Å². The first-order chi connectivity index (χ1) is 16.5. The molecular formula is C24H25N7O3. The molecule has 10 heteroatoms. The summed E-state index contributed by atoms with van der Waals surface area (Å²) in [6.07, 6.45) is 2.46. The Kier molecular flexibility index (Phi) is 5.72. The normalized spacial score (nSPS) is 14.8. The lowest BCUT2D eigenvalue weighted by atomic mass is 10.1. The van der Waals surface area contributed by atoms with Crippen molar-refractivity contribution in [3.63, 3.8) is 0 Å². The zero-order valence-corrected chi connectivity index (χ0v) is 18.9. The number of para-hydroxylation sites is 1. The molecule has 5 rings (SSSR count). The number of nitrogens with one attached hydrogen (secondary N) is 2. The predicted molar refractivity (Wildman–Crippen MR) is 127 cm³/mol. The number of benzene rings is 2. The molecule has 174 valence electrons. The second-order valence-electron chi connectivity index (χ2n) is 8.19. The second-order valence-corrected chi connectivity index (χ2v) is 8.19. The highest BCUT2D eigenvalue weighted by Gasteiger charge is 2.33. The van der Waals surface area contributed by atoms with Gasteiger partial charge in [0.15, 0.2) is 5.82 Å².